The van der Waals surface area contributed by atoms with Crippen molar-refractivity contribution in [3.63, 3.8) is 0 Å². The van der Waals surface area contributed by atoms with E-state index in [1.807, 2.05) is 0 Å². The number of hydrogen-bond donors (Lipinski definition) is 1. The van der Waals surface area contributed by atoms with Crippen LogP contribution in [0.1, 0.15) is 86.0 Å². The van der Waals surface area contributed by atoms with Gasteiger partial charge in [0.15, 0.2) is 0 Å². The highest BCUT2D eigenvalue weighted by Gasteiger charge is 2.63. The van der Waals surface area contributed by atoms with Crippen molar-refractivity contribution < 1.29 is 24.2 Å². The second kappa shape index (κ2) is 8.35. The van der Waals surface area contributed by atoms with Crippen LogP contribution in [0.3, 0.4) is 0 Å². The first kappa shape index (κ1) is 23.1. The number of aliphatic hydroxyl groups is 1. The Morgan fingerprint density at radius 2 is 1.55 bits per heavy atom. The van der Waals surface area contributed by atoms with Gasteiger partial charge in [0.25, 0.3) is 0 Å². The van der Waals surface area contributed by atoms with Crippen molar-refractivity contribution in [3.05, 3.63) is 0 Å². The molecule has 0 aromatic heterocycles. The molecular formula is C26H42O5. The van der Waals surface area contributed by atoms with Gasteiger partial charge >= 0.3 is 11.9 Å². The fourth-order valence-electron chi connectivity index (χ4n) is 9.02. The Kier molecular flexibility index (Phi) is 6.22. The maximum Gasteiger partial charge on any atom is 0.302 e. The van der Waals surface area contributed by atoms with Crippen LogP contribution < -0.4 is 0 Å². The van der Waals surface area contributed by atoms with Gasteiger partial charge in [0.2, 0.25) is 0 Å². The van der Waals surface area contributed by atoms with Gasteiger partial charge in [-0.2, -0.15) is 0 Å². The fraction of sp³-hybridized carbons (Fsp3) is 0.923. The largest absolute Gasteiger partial charge is 0.463 e. The maximum absolute atomic E-state index is 12.0. The predicted octanol–water partition coefficient (Wildman–Crippen LogP) is 4.75. The van der Waals surface area contributed by atoms with Crippen LogP contribution in [0.4, 0.5) is 0 Å². The zero-order valence-electron chi connectivity index (χ0n) is 20.1. The van der Waals surface area contributed by atoms with E-state index in [0.29, 0.717) is 29.6 Å². The SMILES string of the molecule is CC(=O)O[C@H]1CC[C@@]2(C)[C@H](C1)[C@@H](OC(C)=O)C[C@@H]1[C@@H]2CC[C@]2(C)[C@@H]([C@H](C)CO)CC[C@@H]12. The highest BCUT2D eigenvalue weighted by atomic mass is 16.5. The van der Waals surface area contributed by atoms with Gasteiger partial charge < -0.3 is 14.6 Å². The molecule has 10 atom stereocenters. The predicted molar refractivity (Wildman–Crippen MR) is 118 cm³/mol. The topological polar surface area (TPSA) is 72.8 Å². The van der Waals surface area contributed by atoms with Crippen LogP contribution in [0, 0.1) is 46.3 Å². The number of aliphatic hydroxyl groups excluding tert-OH is 1. The number of ether oxygens (including phenoxy) is 2. The number of carbonyl (C=O) groups excluding carboxylic acids is 2. The molecule has 4 aliphatic rings. The lowest BCUT2D eigenvalue weighted by atomic mass is 9.43. The number of rotatable bonds is 4. The van der Waals surface area contributed by atoms with Crippen molar-refractivity contribution in [1.29, 1.82) is 0 Å². The van der Waals surface area contributed by atoms with E-state index in [-0.39, 0.29) is 47.5 Å². The highest BCUT2D eigenvalue weighted by molar-refractivity contribution is 5.66. The van der Waals surface area contributed by atoms with Crippen molar-refractivity contribution in [2.45, 2.75) is 98.2 Å². The van der Waals surface area contributed by atoms with Gasteiger partial charge in [0.05, 0.1) is 0 Å². The number of carbonyl (C=O) groups is 2. The van der Waals surface area contributed by atoms with Crippen LogP contribution in [-0.2, 0) is 19.1 Å². The van der Waals surface area contributed by atoms with E-state index < -0.39 is 0 Å². The molecule has 0 bridgehead atoms. The molecule has 176 valence electrons. The average molecular weight is 435 g/mol. The second-order valence-corrected chi connectivity index (χ2v) is 11.8. The molecule has 0 aromatic rings. The first-order chi connectivity index (χ1) is 14.6. The molecule has 4 fully saturated rings. The van der Waals surface area contributed by atoms with Gasteiger partial charge in [-0.25, -0.2) is 0 Å². The van der Waals surface area contributed by atoms with Gasteiger partial charge in [0, 0.05) is 26.4 Å². The molecule has 5 nitrogen and oxygen atoms in total. The smallest absolute Gasteiger partial charge is 0.302 e. The molecule has 4 aliphatic carbocycles. The summed E-state index contributed by atoms with van der Waals surface area (Å²) in [4.78, 5) is 23.6. The van der Waals surface area contributed by atoms with E-state index in [2.05, 4.69) is 20.8 Å². The number of esters is 2. The van der Waals surface area contributed by atoms with Crippen molar-refractivity contribution in [2.75, 3.05) is 6.61 Å². The molecular weight excluding hydrogens is 392 g/mol. The Morgan fingerprint density at radius 3 is 2.19 bits per heavy atom. The standard InChI is InChI=1S/C26H42O5/c1-15(14-27)20-6-7-21-19-13-24(31-17(3)29)23-12-18(30-16(2)28)8-10-26(23,5)22(19)9-11-25(20,21)4/h15,18-24,27H,6-14H2,1-5H3/t15-,18+,19+,20-,21+,22+,23-,24+,25-,26-/m1/s1. The Hall–Kier alpha value is -1.10. The summed E-state index contributed by atoms with van der Waals surface area (Å²) >= 11 is 0. The van der Waals surface area contributed by atoms with Crippen LogP contribution >= 0.6 is 0 Å². The zero-order chi connectivity index (χ0) is 22.6. The molecule has 31 heavy (non-hydrogen) atoms. The molecule has 4 saturated carbocycles. The Bertz CT molecular complexity index is 706. The molecule has 0 saturated heterocycles. The minimum absolute atomic E-state index is 0.0553. The van der Waals surface area contributed by atoms with Crippen LogP contribution in [0.15, 0.2) is 0 Å². The molecule has 0 heterocycles. The molecule has 0 spiro atoms. The quantitative estimate of drug-likeness (QED) is 0.647. The molecule has 0 aromatic carbocycles. The van der Waals surface area contributed by atoms with E-state index in [0.717, 1.165) is 25.7 Å². The van der Waals surface area contributed by atoms with Crippen molar-refractivity contribution >= 4 is 11.9 Å². The minimum atomic E-state index is -0.213. The number of fused-ring (bicyclic) bond motifs is 5. The first-order valence-corrected chi connectivity index (χ1v) is 12.6. The highest BCUT2D eigenvalue weighted by Crippen LogP contribution is 2.68. The molecule has 5 heteroatoms. The van der Waals surface area contributed by atoms with E-state index in [9.17, 15) is 14.7 Å². The van der Waals surface area contributed by atoms with Gasteiger partial charge in [-0.15, -0.1) is 0 Å². The second-order valence-electron chi connectivity index (χ2n) is 11.8. The van der Waals surface area contributed by atoms with Crippen LogP contribution in [0.2, 0.25) is 0 Å². The molecule has 1 N–H and O–H groups in total. The van der Waals surface area contributed by atoms with Crippen LogP contribution in [0.5, 0.6) is 0 Å². The number of hydrogen-bond acceptors (Lipinski definition) is 5. The first-order valence-electron chi connectivity index (χ1n) is 12.6. The van der Waals surface area contributed by atoms with E-state index in [1.54, 1.807) is 0 Å². The normalized spacial score (nSPS) is 47.5. The Balaban J connectivity index is 1.63. The van der Waals surface area contributed by atoms with E-state index in [4.69, 9.17) is 9.47 Å². The van der Waals surface area contributed by atoms with Crippen LogP contribution in [0.25, 0.3) is 0 Å². The molecule has 0 unspecified atom stereocenters. The summed E-state index contributed by atoms with van der Waals surface area (Å²) < 4.78 is 11.6. The lowest BCUT2D eigenvalue weighted by molar-refractivity contribution is -0.197. The van der Waals surface area contributed by atoms with Crippen molar-refractivity contribution in [1.82, 2.24) is 0 Å². The monoisotopic (exact) mass is 434 g/mol. The van der Waals surface area contributed by atoms with Crippen LogP contribution in [-0.4, -0.2) is 35.9 Å². The third-order valence-corrected chi connectivity index (χ3v) is 10.3. The average Bonchev–Trinajstić information content (AvgIpc) is 3.05. The summed E-state index contributed by atoms with van der Waals surface area (Å²) in [7, 11) is 0. The third kappa shape index (κ3) is 3.83. The van der Waals surface area contributed by atoms with Gasteiger partial charge in [-0.3, -0.25) is 9.59 Å². The lowest BCUT2D eigenvalue weighted by Gasteiger charge is -2.62. The summed E-state index contributed by atoms with van der Waals surface area (Å²) in [5, 5.41) is 9.86. The summed E-state index contributed by atoms with van der Waals surface area (Å²) in [6.07, 6.45) is 8.46. The molecule has 4 rings (SSSR count). The lowest BCUT2D eigenvalue weighted by Crippen LogP contribution is -2.59. The summed E-state index contributed by atoms with van der Waals surface area (Å²) in [5.41, 5.74) is 0.407. The summed E-state index contributed by atoms with van der Waals surface area (Å²) in [6, 6.07) is 0. The van der Waals surface area contributed by atoms with Gasteiger partial charge in [-0.1, -0.05) is 20.8 Å². The van der Waals surface area contributed by atoms with E-state index >= 15 is 0 Å². The Morgan fingerprint density at radius 1 is 0.903 bits per heavy atom. The molecule has 0 aliphatic heterocycles. The minimum Gasteiger partial charge on any atom is -0.463 e. The fourth-order valence-corrected chi connectivity index (χ4v) is 9.02. The summed E-state index contributed by atoms with van der Waals surface area (Å²) in [6.45, 7) is 10.4. The molecule has 0 amide bonds. The third-order valence-electron chi connectivity index (χ3n) is 10.3. The van der Waals surface area contributed by atoms with E-state index in [1.165, 1.54) is 39.5 Å². The summed E-state index contributed by atoms with van der Waals surface area (Å²) in [5.74, 6) is 2.64. The Labute approximate surface area is 187 Å². The maximum atomic E-state index is 12.0. The van der Waals surface area contributed by atoms with Gasteiger partial charge in [-0.05, 0) is 91.8 Å². The zero-order valence-corrected chi connectivity index (χ0v) is 20.1. The van der Waals surface area contributed by atoms with Crippen molar-refractivity contribution in [3.8, 4) is 0 Å². The van der Waals surface area contributed by atoms with Gasteiger partial charge in [0.1, 0.15) is 12.2 Å². The van der Waals surface area contributed by atoms with Crippen molar-refractivity contribution in [2.24, 2.45) is 46.3 Å². The molecule has 0 radical (unpaired) electrons.